The second-order valence-electron chi connectivity index (χ2n) is 5.67. The number of allylic oxidation sites excluding steroid dienone is 1. The maximum Gasteiger partial charge on any atom is 0.338 e. The summed E-state index contributed by atoms with van der Waals surface area (Å²) in [4.78, 5) is 24.5. The molecule has 0 aliphatic carbocycles. The molecule has 25 heavy (non-hydrogen) atoms. The summed E-state index contributed by atoms with van der Waals surface area (Å²) in [6.45, 7) is 4.03. The van der Waals surface area contributed by atoms with Crippen LogP contribution in [-0.4, -0.2) is 32.8 Å². The minimum atomic E-state index is -0.687. The van der Waals surface area contributed by atoms with Crippen molar-refractivity contribution in [1.82, 2.24) is 10.6 Å². The number of amides is 2. The molecule has 0 saturated heterocycles. The molecule has 136 valence electrons. The zero-order valence-electron chi connectivity index (χ0n) is 15.0. The van der Waals surface area contributed by atoms with Gasteiger partial charge in [0.1, 0.15) is 11.5 Å². The number of unbranched alkanes of at least 4 members (excludes halogenated alkanes) is 1. The molecule has 0 radical (unpaired) electrons. The van der Waals surface area contributed by atoms with Crippen LogP contribution in [0, 0.1) is 0 Å². The molecule has 2 N–H and O–H groups in total. The van der Waals surface area contributed by atoms with Crippen LogP contribution in [0.2, 0.25) is 0 Å². The number of hydrogen-bond acceptors (Lipinski definition) is 5. The fourth-order valence-electron chi connectivity index (χ4n) is 2.65. The largest absolute Gasteiger partial charge is 0.497 e. The van der Waals surface area contributed by atoms with Crippen molar-refractivity contribution >= 4 is 12.0 Å². The van der Waals surface area contributed by atoms with Gasteiger partial charge in [-0.1, -0.05) is 13.3 Å². The van der Waals surface area contributed by atoms with Gasteiger partial charge in [-0.25, -0.2) is 9.59 Å². The summed E-state index contributed by atoms with van der Waals surface area (Å²) in [6.07, 6.45) is 1.71. The molecular formula is C18H24N2O5. The number of ether oxygens (including phenoxy) is 3. The molecule has 2 amide bonds. The number of urea groups is 1. The van der Waals surface area contributed by atoms with Crippen LogP contribution in [0.15, 0.2) is 29.5 Å². The summed E-state index contributed by atoms with van der Waals surface area (Å²) in [5.74, 6) is 0.674. The minimum Gasteiger partial charge on any atom is -0.497 e. The minimum absolute atomic E-state index is 0.335. The fourth-order valence-corrected chi connectivity index (χ4v) is 2.65. The van der Waals surface area contributed by atoms with Crippen LogP contribution in [-0.2, 0) is 9.53 Å². The van der Waals surface area contributed by atoms with Gasteiger partial charge in [0.25, 0.3) is 0 Å². The molecular weight excluding hydrogens is 324 g/mol. The Morgan fingerprint density at radius 3 is 2.64 bits per heavy atom. The third-order valence-corrected chi connectivity index (χ3v) is 3.97. The molecule has 0 fully saturated rings. The molecule has 0 bridgehead atoms. The molecule has 0 spiro atoms. The first-order valence-electron chi connectivity index (χ1n) is 8.19. The second kappa shape index (κ2) is 8.41. The van der Waals surface area contributed by atoms with Gasteiger partial charge in [-0.3, -0.25) is 0 Å². The first-order chi connectivity index (χ1) is 12.0. The third kappa shape index (κ3) is 4.23. The zero-order valence-corrected chi connectivity index (χ0v) is 15.0. The number of carbonyl (C=O) groups is 2. The lowest BCUT2D eigenvalue weighted by Gasteiger charge is -2.29. The highest BCUT2D eigenvalue weighted by Gasteiger charge is 2.34. The van der Waals surface area contributed by atoms with Crippen LogP contribution in [0.5, 0.6) is 11.5 Å². The monoisotopic (exact) mass is 348 g/mol. The van der Waals surface area contributed by atoms with E-state index in [1.54, 1.807) is 32.2 Å². The lowest BCUT2D eigenvalue weighted by molar-refractivity contribution is -0.139. The average Bonchev–Trinajstić information content (AvgIpc) is 2.60. The summed E-state index contributed by atoms with van der Waals surface area (Å²) in [5.41, 5.74) is 1.43. The highest BCUT2D eigenvalue weighted by atomic mass is 16.5. The van der Waals surface area contributed by atoms with Gasteiger partial charge < -0.3 is 24.8 Å². The highest BCUT2D eigenvalue weighted by Crippen LogP contribution is 2.35. The summed E-state index contributed by atoms with van der Waals surface area (Å²) >= 11 is 0. The van der Waals surface area contributed by atoms with Gasteiger partial charge in [-0.05, 0) is 31.5 Å². The predicted octanol–water partition coefficient (Wildman–Crippen LogP) is 2.68. The van der Waals surface area contributed by atoms with Crippen molar-refractivity contribution in [3.05, 3.63) is 35.0 Å². The van der Waals surface area contributed by atoms with Crippen LogP contribution >= 0.6 is 0 Å². The van der Waals surface area contributed by atoms with E-state index in [9.17, 15) is 9.59 Å². The Morgan fingerprint density at radius 2 is 2.00 bits per heavy atom. The Morgan fingerprint density at radius 1 is 1.24 bits per heavy atom. The van der Waals surface area contributed by atoms with E-state index in [1.807, 2.05) is 6.92 Å². The molecule has 0 saturated carbocycles. The van der Waals surface area contributed by atoms with E-state index in [0.29, 0.717) is 34.9 Å². The van der Waals surface area contributed by atoms with Gasteiger partial charge >= 0.3 is 12.0 Å². The van der Waals surface area contributed by atoms with Crippen molar-refractivity contribution in [2.75, 3.05) is 20.8 Å². The SMILES string of the molecule is CCCCOC(=O)C1=C(C)NC(=O)NC1c1cc(OC)ccc1OC. The first kappa shape index (κ1) is 18.6. The molecule has 1 aromatic carbocycles. The number of hydrogen-bond donors (Lipinski definition) is 2. The molecule has 2 rings (SSSR count). The standard InChI is InChI=1S/C18H24N2O5/c1-5-6-9-25-17(21)15-11(2)19-18(22)20-16(15)13-10-12(23-3)7-8-14(13)24-4/h7-8,10,16H,5-6,9H2,1-4H3,(H2,19,20,22). The molecule has 1 atom stereocenters. The van der Waals surface area contributed by atoms with Crippen LogP contribution < -0.4 is 20.1 Å². The third-order valence-electron chi connectivity index (χ3n) is 3.97. The van der Waals surface area contributed by atoms with Crippen LogP contribution in [0.25, 0.3) is 0 Å². The van der Waals surface area contributed by atoms with Crippen molar-refractivity contribution in [3.63, 3.8) is 0 Å². The van der Waals surface area contributed by atoms with Gasteiger partial charge in [0.15, 0.2) is 0 Å². The van der Waals surface area contributed by atoms with E-state index in [4.69, 9.17) is 14.2 Å². The highest BCUT2D eigenvalue weighted by molar-refractivity contribution is 5.95. The van der Waals surface area contributed by atoms with Gasteiger partial charge in [-0.2, -0.15) is 0 Å². The van der Waals surface area contributed by atoms with Crippen molar-refractivity contribution in [1.29, 1.82) is 0 Å². The van der Waals surface area contributed by atoms with E-state index in [1.165, 1.54) is 7.11 Å². The maximum atomic E-state index is 12.6. The second-order valence-corrected chi connectivity index (χ2v) is 5.67. The van der Waals surface area contributed by atoms with Crippen molar-refractivity contribution in [2.45, 2.75) is 32.7 Å². The molecule has 0 aromatic heterocycles. The predicted molar refractivity (Wildman–Crippen MR) is 92.5 cm³/mol. The van der Waals surface area contributed by atoms with Gasteiger partial charge in [0.2, 0.25) is 0 Å². The van der Waals surface area contributed by atoms with Crippen LogP contribution in [0.3, 0.4) is 0 Å². The summed E-state index contributed by atoms with van der Waals surface area (Å²) < 4.78 is 16.0. The topological polar surface area (TPSA) is 85.9 Å². The van der Waals surface area contributed by atoms with E-state index >= 15 is 0 Å². The Bertz CT molecular complexity index is 684. The molecule has 1 aromatic rings. The van der Waals surface area contributed by atoms with E-state index in [0.717, 1.165) is 12.8 Å². The van der Waals surface area contributed by atoms with Gasteiger partial charge in [0.05, 0.1) is 32.4 Å². The number of rotatable bonds is 7. The summed E-state index contributed by atoms with van der Waals surface area (Å²) in [6, 6.07) is 4.14. The maximum absolute atomic E-state index is 12.6. The molecule has 1 unspecified atom stereocenters. The molecule has 1 aliphatic rings. The zero-order chi connectivity index (χ0) is 18.4. The lowest BCUT2D eigenvalue weighted by Crippen LogP contribution is -2.45. The van der Waals surface area contributed by atoms with E-state index in [-0.39, 0.29) is 0 Å². The normalized spacial score (nSPS) is 16.8. The van der Waals surface area contributed by atoms with Gasteiger partial charge in [-0.15, -0.1) is 0 Å². The lowest BCUT2D eigenvalue weighted by atomic mass is 9.94. The van der Waals surface area contributed by atoms with Crippen molar-refractivity contribution in [2.24, 2.45) is 0 Å². The van der Waals surface area contributed by atoms with Crippen molar-refractivity contribution in [3.8, 4) is 11.5 Å². The Balaban J connectivity index is 2.44. The van der Waals surface area contributed by atoms with Gasteiger partial charge in [0, 0.05) is 11.3 Å². The fraction of sp³-hybridized carbons (Fsp3) is 0.444. The number of nitrogens with one attached hydrogen (secondary N) is 2. The number of esters is 1. The smallest absolute Gasteiger partial charge is 0.338 e. The molecule has 7 nitrogen and oxygen atoms in total. The number of carbonyl (C=O) groups excluding carboxylic acids is 2. The number of benzene rings is 1. The molecule has 7 heteroatoms. The van der Waals surface area contributed by atoms with E-state index < -0.39 is 18.0 Å². The first-order valence-corrected chi connectivity index (χ1v) is 8.19. The Kier molecular flexibility index (Phi) is 6.27. The van der Waals surface area contributed by atoms with E-state index in [2.05, 4.69) is 10.6 Å². The van der Waals surface area contributed by atoms with Crippen molar-refractivity contribution < 1.29 is 23.8 Å². The quantitative estimate of drug-likeness (QED) is 0.584. The molecule has 1 aliphatic heterocycles. The summed E-state index contributed by atoms with van der Waals surface area (Å²) in [7, 11) is 3.08. The van der Waals surface area contributed by atoms with Crippen LogP contribution in [0.4, 0.5) is 4.79 Å². The number of methoxy groups -OCH3 is 2. The Hall–Kier alpha value is -2.70. The molecule has 1 heterocycles. The average molecular weight is 348 g/mol. The van der Waals surface area contributed by atoms with Crippen LogP contribution in [0.1, 0.15) is 38.3 Å². The Labute approximate surface area is 147 Å². The summed E-state index contributed by atoms with van der Waals surface area (Å²) in [5, 5.41) is 5.39.